The summed E-state index contributed by atoms with van der Waals surface area (Å²) in [6.45, 7) is 4.32. The van der Waals surface area contributed by atoms with Gasteiger partial charge in [0.25, 0.3) is 5.91 Å². The highest BCUT2D eigenvalue weighted by atomic mass is 32.2. The van der Waals surface area contributed by atoms with Gasteiger partial charge in [0.1, 0.15) is 0 Å². The molecule has 1 amide bonds. The summed E-state index contributed by atoms with van der Waals surface area (Å²) in [6, 6.07) is 0. The van der Waals surface area contributed by atoms with Gasteiger partial charge in [-0.25, -0.2) is 8.42 Å². The van der Waals surface area contributed by atoms with Crippen LogP contribution in [-0.2, 0) is 14.8 Å². The number of carbonyl (C=O) groups excluding carboxylic acids is 1. The number of rotatable bonds is 3. The lowest BCUT2D eigenvalue weighted by Crippen LogP contribution is -2.51. The Balaban J connectivity index is 4.42. The van der Waals surface area contributed by atoms with Gasteiger partial charge >= 0.3 is 0 Å². The van der Waals surface area contributed by atoms with E-state index >= 15 is 0 Å². The van der Waals surface area contributed by atoms with Gasteiger partial charge in [-0.3, -0.25) is 9.52 Å². The van der Waals surface area contributed by atoms with Crippen molar-refractivity contribution in [1.29, 1.82) is 0 Å². The third kappa shape index (κ3) is 3.68. The predicted molar refractivity (Wildman–Crippen MR) is 45.9 cm³/mol. The van der Waals surface area contributed by atoms with Crippen LogP contribution in [0.1, 0.15) is 20.8 Å². The SMILES string of the molecule is CCS(=O)(=O)NC(=O)C(C)(C)N. The number of amides is 1. The van der Waals surface area contributed by atoms with Crippen molar-refractivity contribution in [3.8, 4) is 0 Å². The Morgan fingerprint density at radius 3 is 2.17 bits per heavy atom. The van der Waals surface area contributed by atoms with Crippen LogP contribution in [0.3, 0.4) is 0 Å². The first kappa shape index (κ1) is 11.4. The van der Waals surface area contributed by atoms with E-state index < -0.39 is 21.5 Å². The number of nitrogens with two attached hydrogens (primary N) is 1. The molecule has 6 heteroatoms. The Bertz CT molecular complexity index is 263. The highest BCUT2D eigenvalue weighted by molar-refractivity contribution is 7.90. The van der Waals surface area contributed by atoms with Crippen molar-refractivity contribution in [3.05, 3.63) is 0 Å². The van der Waals surface area contributed by atoms with Gasteiger partial charge in [-0.1, -0.05) is 0 Å². The zero-order valence-electron chi connectivity index (χ0n) is 7.42. The lowest BCUT2D eigenvalue weighted by atomic mass is 10.1. The van der Waals surface area contributed by atoms with Gasteiger partial charge in [-0.05, 0) is 20.8 Å². The van der Waals surface area contributed by atoms with Crippen LogP contribution < -0.4 is 10.5 Å². The number of sulfonamides is 1. The van der Waals surface area contributed by atoms with Crippen LogP contribution >= 0.6 is 0 Å². The zero-order valence-corrected chi connectivity index (χ0v) is 8.23. The minimum atomic E-state index is -3.48. The second-order valence-corrected chi connectivity index (χ2v) is 5.07. The summed E-state index contributed by atoms with van der Waals surface area (Å²) >= 11 is 0. The predicted octanol–water partition coefficient (Wildman–Crippen LogP) is -0.810. The van der Waals surface area contributed by atoms with Crippen molar-refractivity contribution < 1.29 is 13.2 Å². The van der Waals surface area contributed by atoms with E-state index in [1.807, 2.05) is 4.72 Å². The van der Waals surface area contributed by atoms with E-state index in [0.717, 1.165) is 0 Å². The van der Waals surface area contributed by atoms with Gasteiger partial charge in [-0.15, -0.1) is 0 Å². The highest BCUT2D eigenvalue weighted by Crippen LogP contribution is 1.97. The third-order valence-electron chi connectivity index (χ3n) is 1.21. The zero-order chi connectivity index (χ0) is 9.99. The molecular weight excluding hydrogens is 180 g/mol. The average Bonchev–Trinajstić information content (AvgIpc) is 1.85. The fourth-order valence-electron chi connectivity index (χ4n) is 0.345. The van der Waals surface area contributed by atoms with E-state index in [-0.39, 0.29) is 5.75 Å². The van der Waals surface area contributed by atoms with Crippen LogP contribution in [-0.4, -0.2) is 25.6 Å². The minimum Gasteiger partial charge on any atom is -0.318 e. The Morgan fingerprint density at radius 2 is 1.92 bits per heavy atom. The Morgan fingerprint density at radius 1 is 1.50 bits per heavy atom. The van der Waals surface area contributed by atoms with E-state index in [1.165, 1.54) is 20.8 Å². The maximum absolute atomic E-state index is 11.0. The smallest absolute Gasteiger partial charge is 0.252 e. The van der Waals surface area contributed by atoms with Crippen molar-refractivity contribution >= 4 is 15.9 Å². The van der Waals surface area contributed by atoms with Crippen LogP contribution in [0.4, 0.5) is 0 Å². The van der Waals surface area contributed by atoms with Crippen molar-refractivity contribution in [1.82, 2.24) is 4.72 Å². The quantitative estimate of drug-likeness (QED) is 0.615. The molecule has 5 nitrogen and oxygen atoms in total. The summed E-state index contributed by atoms with van der Waals surface area (Å²) in [7, 11) is -3.48. The lowest BCUT2D eigenvalue weighted by Gasteiger charge is -2.16. The molecule has 0 aliphatic carbocycles. The van der Waals surface area contributed by atoms with Gasteiger partial charge in [-0.2, -0.15) is 0 Å². The summed E-state index contributed by atoms with van der Waals surface area (Å²) in [5, 5.41) is 0. The van der Waals surface area contributed by atoms with Crippen LogP contribution in [0, 0.1) is 0 Å². The summed E-state index contributed by atoms with van der Waals surface area (Å²) in [6.07, 6.45) is 0. The molecule has 0 saturated heterocycles. The lowest BCUT2D eigenvalue weighted by molar-refractivity contribution is -0.123. The van der Waals surface area contributed by atoms with E-state index in [1.54, 1.807) is 0 Å². The van der Waals surface area contributed by atoms with Crippen molar-refractivity contribution in [2.45, 2.75) is 26.3 Å². The number of hydrogen-bond acceptors (Lipinski definition) is 4. The molecule has 0 unspecified atom stereocenters. The van der Waals surface area contributed by atoms with Gasteiger partial charge < -0.3 is 5.73 Å². The standard InChI is InChI=1S/C6H14N2O3S/c1-4-12(10,11)8-5(9)6(2,3)7/h4,7H2,1-3H3,(H,8,9). The molecule has 0 bridgehead atoms. The normalized spacial score (nSPS) is 12.7. The van der Waals surface area contributed by atoms with Gasteiger partial charge in [0, 0.05) is 0 Å². The fourth-order valence-corrected chi connectivity index (χ4v) is 1.03. The molecule has 0 saturated carbocycles. The summed E-state index contributed by atoms with van der Waals surface area (Å²) in [4.78, 5) is 11.0. The van der Waals surface area contributed by atoms with Gasteiger partial charge in [0.15, 0.2) is 0 Å². The van der Waals surface area contributed by atoms with Gasteiger partial charge in [0.2, 0.25) is 10.0 Å². The molecule has 3 N–H and O–H groups in total. The highest BCUT2D eigenvalue weighted by Gasteiger charge is 2.25. The van der Waals surface area contributed by atoms with Gasteiger partial charge in [0.05, 0.1) is 11.3 Å². The molecular formula is C6H14N2O3S. The topological polar surface area (TPSA) is 89.3 Å². The molecule has 0 spiro atoms. The van der Waals surface area contributed by atoms with Crippen molar-refractivity contribution in [2.75, 3.05) is 5.75 Å². The first-order chi connectivity index (χ1) is 5.19. The summed E-state index contributed by atoms with van der Waals surface area (Å²) in [5.74, 6) is -0.821. The Hall–Kier alpha value is -0.620. The number of nitrogens with one attached hydrogen (secondary N) is 1. The molecule has 12 heavy (non-hydrogen) atoms. The first-order valence-corrected chi connectivity index (χ1v) is 5.18. The maximum atomic E-state index is 11.0. The molecule has 0 aromatic heterocycles. The Kier molecular flexibility index (Phi) is 3.23. The second kappa shape index (κ2) is 3.40. The van der Waals surface area contributed by atoms with E-state index in [2.05, 4.69) is 0 Å². The average molecular weight is 194 g/mol. The van der Waals surface area contributed by atoms with Crippen LogP contribution in [0.2, 0.25) is 0 Å². The van der Waals surface area contributed by atoms with E-state index in [9.17, 15) is 13.2 Å². The van der Waals surface area contributed by atoms with Crippen molar-refractivity contribution in [2.24, 2.45) is 5.73 Å². The van der Waals surface area contributed by atoms with Crippen LogP contribution in [0.5, 0.6) is 0 Å². The molecule has 0 fully saturated rings. The summed E-state index contributed by atoms with van der Waals surface area (Å²) in [5.41, 5.74) is 4.20. The molecule has 0 aromatic rings. The minimum absolute atomic E-state index is 0.130. The molecule has 72 valence electrons. The molecule has 0 atom stereocenters. The molecule has 0 heterocycles. The molecule has 0 aliphatic heterocycles. The maximum Gasteiger partial charge on any atom is 0.252 e. The second-order valence-electron chi connectivity index (χ2n) is 3.06. The molecule has 0 rings (SSSR count). The number of carbonyl (C=O) groups is 1. The first-order valence-electron chi connectivity index (χ1n) is 3.53. The third-order valence-corrected chi connectivity index (χ3v) is 2.47. The molecule has 0 aliphatic rings. The van der Waals surface area contributed by atoms with Crippen LogP contribution in [0.25, 0.3) is 0 Å². The largest absolute Gasteiger partial charge is 0.318 e. The van der Waals surface area contributed by atoms with E-state index in [0.29, 0.717) is 0 Å². The monoisotopic (exact) mass is 194 g/mol. The summed E-state index contributed by atoms with van der Waals surface area (Å²) < 4.78 is 23.6. The van der Waals surface area contributed by atoms with Crippen LogP contribution in [0.15, 0.2) is 0 Å². The van der Waals surface area contributed by atoms with Crippen molar-refractivity contribution in [3.63, 3.8) is 0 Å². The molecule has 0 radical (unpaired) electrons. The fraction of sp³-hybridized carbons (Fsp3) is 0.833. The Labute approximate surface area is 72.4 Å². The molecule has 0 aromatic carbocycles. The van der Waals surface area contributed by atoms with E-state index in [4.69, 9.17) is 5.73 Å². The number of hydrogen-bond donors (Lipinski definition) is 2.